The lowest BCUT2D eigenvalue weighted by atomic mass is 10.0. The van der Waals surface area contributed by atoms with Crippen molar-refractivity contribution in [1.29, 1.82) is 0 Å². The van der Waals surface area contributed by atoms with E-state index in [4.69, 9.17) is 0 Å². The molecule has 6 rings (SSSR count). The van der Waals surface area contributed by atoms with Gasteiger partial charge in [-0.05, 0) is 46.9 Å². The average molecular weight is 495 g/mol. The molecule has 3 aromatic carbocycles. The summed E-state index contributed by atoms with van der Waals surface area (Å²) in [7, 11) is 0. The quantitative estimate of drug-likeness (QED) is 0.376. The number of hydrogen-bond acceptors (Lipinski definition) is 5. The number of carbonyl (C=O) groups excluding carboxylic acids is 5. The lowest BCUT2D eigenvalue weighted by Gasteiger charge is -2.29. The molecule has 3 aliphatic rings. The molecule has 2 heterocycles. The van der Waals surface area contributed by atoms with E-state index in [-0.39, 0.29) is 37.1 Å². The summed E-state index contributed by atoms with van der Waals surface area (Å²) in [5.41, 5.74) is 5.56. The monoisotopic (exact) mass is 494 g/mol. The lowest BCUT2D eigenvalue weighted by molar-refractivity contribution is -0.136. The summed E-state index contributed by atoms with van der Waals surface area (Å²) in [5.74, 6) is -1.08. The Kier molecular flexibility index (Phi) is 5.33. The van der Waals surface area contributed by atoms with Crippen molar-refractivity contribution in [3.05, 3.63) is 88.5 Å². The number of nitrogens with one attached hydrogen (secondary N) is 3. The highest BCUT2D eigenvalue weighted by Gasteiger charge is 2.39. The summed E-state index contributed by atoms with van der Waals surface area (Å²) in [6, 6.07) is 16.9. The molecule has 9 heteroatoms. The molecular weight excluding hydrogens is 472 g/mol. The number of amides is 5. The van der Waals surface area contributed by atoms with Crippen molar-refractivity contribution < 1.29 is 24.0 Å². The van der Waals surface area contributed by atoms with Gasteiger partial charge in [-0.3, -0.25) is 24.5 Å². The molecule has 184 valence electrons. The van der Waals surface area contributed by atoms with Gasteiger partial charge in [-0.1, -0.05) is 42.5 Å². The molecule has 1 aliphatic carbocycles. The van der Waals surface area contributed by atoms with Gasteiger partial charge in [0.2, 0.25) is 11.8 Å². The first kappa shape index (κ1) is 22.7. The van der Waals surface area contributed by atoms with Crippen LogP contribution < -0.4 is 16.0 Å². The number of nitrogens with zero attached hydrogens (tertiary/aromatic N) is 1. The number of benzene rings is 3. The smallest absolute Gasteiger partial charge is 0.319 e. The molecule has 37 heavy (non-hydrogen) atoms. The van der Waals surface area contributed by atoms with Crippen molar-refractivity contribution in [3.63, 3.8) is 0 Å². The van der Waals surface area contributed by atoms with E-state index >= 15 is 0 Å². The maximum atomic E-state index is 12.8. The lowest BCUT2D eigenvalue weighted by Crippen LogP contribution is -2.52. The van der Waals surface area contributed by atoms with Crippen LogP contribution in [0, 0.1) is 0 Å². The van der Waals surface area contributed by atoms with E-state index in [2.05, 4.69) is 16.0 Å². The largest absolute Gasteiger partial charge is 0.334 e. The first-order valence-corrected chi connectivity index (χ1v) is 12.0. The van der Waals surface area contributed by atoms with Crippen LogP contribution in [0.4, 0.5) is 10.5 Å². The second-order valence-corrected chi connectivity index (χ2v) is 9.33. The van der Waals surface area contributed by atoms with Gasteiger partial charge in [-0.25, -0.2) is 4.79 Å². The van der Waals surface area contributed by atoms with Gasteiger partial charge in [0, 0.05) is 41.9 Å². The number of rotatable bonds is 4. The maximum absolute atomic E-state index is 12.8. The van der Waals surface area contributed by atoms with Gasteiger partial charge in [0.05, 0.1) is 0 Å². The van der Waals surface area contributed by atoms with E-state index in [9.17, 15) is 24.0 Å². The van der Waals surface area contributed by atoms with Gasteiger partial charge in [0.25, 0.3) is 5.91 Å². The van der Waals surface area contributed by atoms with Crippen LogP contribution >= 0.6 is 0 Å². The maximum Gasteiger partial charge on any atom is 0.319 e. The van der Waals surface area contributed by atoms with E-state index in [0.29, 0.717) is 28.8 Å². The molecule has 0 radical (unpaired) electrons. The molecule has 0 aromatic heterocycles. The van der Waals surface area contributed by atoms with Crippen LogP contribution in [0.25, 0.3) is 11.1 Å². The number of ketones is 1. The summed E-state index contributed by atoms with van der Waals surface area (Å²) >= 11 is 0. The van der Waals surface area contributed by atoms with E-state index in [0.717, 1.165) is 22.3 Å². The highest BCUT2D eigenvalue weighted by molar-refractivity contribution is 6.22. The first-order chi connectivity index (χ1) is 17.9. The SMILES string of the molecule is O=C1CCC(N2Cc3cc(CNC(=O)Nc4ccc5c(c4)C(=O)c4ccccc4-5)ccc3C2=O)C(=O)N1. The summed E-state index contributed by atoms with van der Waals surface area (Å²) in [4.78, 5) is 63.3. The van der Waals surface area contributed by atoms with Gasteiger partial charge in [0.1, 0.15) is 6.04 Å². The number of imide groups is 1. The van der Waals surface area contributed by atoms with Crippen LogP contribution in [0.1, 0.15) is 50.2 Å². The third-order valence-electron chi connectivity index (χ3n) is 7.02. The van der Waals surface area contributed by atoms with Crippen LogP contribution in [0.15, 0.2) is 60.7 Å². The second-order valence-electron chi connectivity index (χ2n) is 9.33. The van der Waals surface area contributed by atoms with Crippen molar-refractivity contribution in [2.45, 2.75) is 32.0 Å². The van der Waals surface area contributed by atoms with E-state index in [1.807, 2.05) is 30.3 Å². The first-order valence-electron chi connectivity index (χ1n) is 12.0. The fourth-order valence-electron chi connectivity index (χ4n) is 5.20. The molecule has 9 nitrogen and oxygen atoms in total. The standard InChI is InChI=1S/C28H22N4O5/c33-24-10-9-23(26(35)31-24)32-14-16-11-15(5-7-18(16)27(32)36)13-29-28(37)30-17-6-8-20-19-3-1-2-4-21(19)25(34)22(20)12-17/h1-8,11-12,23H,9-10,13-14H2,(H2,29,30,37)(H,31,33,35). The van der Waals surface area contributed by atoms with Gasteiger partial charge in [-0.2, -0.15) is 0 Å². The second kappa shape index (κ2) is 8.70. The highest BCUT2D eigenvalue weighted by Crippen LogP contribution is 2.37. The van der Waals surface area contributed by atoms with Crippen LogP contribution in [0.3, 0.4) is 0 Å². The van der Waals surface area contributed by atoms with E-state index < -0.39 is 18.0 Å². The Hall–Kier alpha value is -4.79. The van der Waals surface area contributed by atoms with Crippen LogP contribution in [-0.4, -0.2) is 40.5 Å². The molecule has 0 saturated carbocycles. The van der Waals surface area contributed by atoms with Crippen LogP contribution in [0.2, 0.25) is 0 Å². The Labute approximate surface area is 211 Å². The molecule has 1 fully saturated rings. The van der Waals surface area contributed by atoms with Crippen molar-refractivity contribution in [2.75, 3.05) is 5.32 Å². The minimum absolute atomic E-state index is 0.0614. The Balaban J connectivity index is 1.09. The number of hydrogen-bond donors (Lipinski definition) is 3. The number of urea groups is 1. The molecule has 1 atom stereocenters. The average Bonchev–Trinajstić information content (AvgIpc) is 3.36. The fourth-order valence-corrected chi connectivity index (χ4v) is 5.20. The molecule has 1 saturated heterocycles. The predicted octanol–water partition coefficient (Wildman–Crippen LogP) is 2.98. The van der Waals surface area contributed by atoms with Crippen LogP contribution in [0.5, 0.6) is 0 Å². The Morgan fingerprint density at radius 2 is 1.65 bits per heavy atom. The van der Waals surface area contributed by atoms with Crippen molar-refractivity contribution in [1.82, 2.24) is 15.5 Å². The Morgan fingerprint density at radius 1 is 0.892 bits per heavy atom. The van der Waals surface area contributed by atoms with Gasteiger partial charge in [0.15, 0.2) is 5.78 Å². The third-order valence-corrected chi connectivity index (χ3v) is 7.02. The van der Waals surface area contributed by atoms with Crippen molar-refractivity contribution in [3.8, 4) is 11.1 Å². The predicted molar refractivity (Wildman–Crippen MR) is 134 cm³/mol. The molecule has 2 aliphatic heterocycles. The van der Waals surface area contributed by atoms with Crippen molar-refractivity contribution >= 4 is 35.2 Å². The zero-order valence-corrected chi connectivity index (χ0v) is 19.7. The molecule has 3 aromatic rings. The number of carbonyl (C=O) groups is 5. The minimum atomic E-state index is -0.669. The molecule has 3 N–H and O–H groups in total. The van der Waals surface area contributed by atoms with Gasteiger partial charge >= 0.3 is 6.03 Å². The zero-order chi connectivity index (χ0) is 25.7. The number of fused-ring (bicyclic) bond motifs is 4. The zero-order valence-electron chi connectivity index (χ0n) is 19.7. The summed E-state index contributed by atoms with van der Waals surface area (Å²) in [6.07, 6.45) is 0.505. The molecular formula is C28H22N4O5. The highest BCUT2D eigenvalue weighted by atomic mass is 16.2. The van der Waals surface area contributed by atoms with Gasteiger partial charge in [-0.15, -0.1) is 0 Å². The minimum Gasteiger partial charge on any atom is -0.334 e. The fraction of sp³-hybridized carbons (Fsp3) is 0.179. The summed E-state index contributed by atoms with van der Waals surface area (Å²) < 4.78 is 0. The van der Waals surface area contributed by atoms with E-state index in [1.54, 1.807) is 30.3 Å². The Bertz CT molecular complexity index is 1530. The van der Waals surface area contributed by atoms with E-state index in [1.165, 1.54) is 4.90 Å². The molecule has 0 spiro atoms. The summed E-state index contributed by atoms with van der Waals surface area (Å²) in [5, 5.41) is 7.86. The third kappa shape index (κ3) is 3.94. The number of piperidine rings is 1. The number of anilines is 1. The van der Waals surface area contributed by atoms with Crippen molar-refractivity contribution in [2.24, 2.45) is 0 Å². The topological polar surface area (TPSA) is 125 Å². The molecule has 0 bridgehead atoms. The summed E-state index contributed by atoms with van der Waals surface area (Å²) in [6.45, 7) is 0.493. The molecule has 1 unspecified atom stereocenters. The molecule has 5 amide bonds. The Morgan fingerprint density at radius 3 is 2.46 bits per heavy atom. The van der Waals surface area contributed by atoms with Gasteiger partial charge < -0.3 is 15.5 Å². The normalized spacial score (nSPS) is 17.7. The van der Waals surface area contributed by atoms with Crippen LogP contribution in [-0.2, 0) is 22.7 Å².